The van der Waals surface area contributed by atoms with Gasteiger partial charge in [-0.2, -0.15) is 0 Å². The van der Waals surface area contributed by atoms with Crippen LogP contribution in [0.2, 0.25) is 5.15 Å². The maximum absolute atomic E-state index is 11.4. The fourth-order valence-corrected chi connectivity index (χ4v) is 2.43. The lowest BCUT2D eigenvalue weighted by atomic mass is 10.5. The van der Waals surface area contributed by atoms with E-state index in [4.69, 9.17) is 23.2 Å². The Hall–Kier alpha value is -0.520. The summed E-state index contributed by atoms with van der Waals surface area (Å²) in [5, 5.41) is 0.243. The first-order chi connectivity index (χ1) is 7.03. The Morgan fingerprint density at radius 3 is 2.73 bits per heavy atom. The Labute approximate surface area is 98.7 Å². The fourth-order valence-electron chi connectivity index (χ4n) is 0.920. The largest absolute Gasteiger partial charge is 0.267 e. The van der Waals surface area contributed by atoms with E-state index in [0.717, 1.165) is 0 Å². The van der Waals surface area contributed by atoms with Crippen molar-refractivity contribution in [1.29, 1.82) is 0 Å². The second-order valence-electron chi connectivity index (χ2n) is 2.81. The molecule has 4 nitrogen and oxygen atoms in total. The predicted octanol–water partition coefficient (Wildman–Crippen LogP) is 2.11. The third kappa shape index (κ3) is 4.68. The van der Waals surface area contributed by atoms with Crippen LogP contribution in [0.4, 0.5) is 5.82 Å². The van der Waals surface area contributed by atoms with E-state index in [1.54, 1.807) is 12.1 Å². The molecule has 0 unspecified atom stereocenters. The van der Waals surface area contributed by atoms with Crippen LogP contribution in [0, 0.1) is 0 Å². The zero-order chi connectivity index (χ0) is 11.3. The summed E-state index contributed by atoms with van der Waals surface area (Å²) >= 11 is 11.0. The number of halogens is 2. The van der Waals surface area contributed by atoms with Gasteiger partial charge in [0.25, 0.3) is 0 Å². The monoisotopic (exact) mass is 268 g/mol. The molecule has 1 rings (SSSR count). The van der Waals surface area contributed by atoms with Gasteiger partial charge in [0, 0.05) is 5.88 Å². The third-order valence-electron chi connectivity index (χ3n) is 1.52. The number of alkyl halides is 1. The minimum absolute atomic E-state index is 0.0231. The van der Waals surface area contributed by atoms with Crippen molar-refractivity contribution in [3.8, 4) is 0 Å². The highest BCUT2D eigenvalue weighted by molar-refractivity contribution is 7.92. The summed E-state index contributed by atoms with van der Waals surface area (Å²) in [4.78, 5) is 3.81. The molecule has 0 bridgehead atoms. The Kier molecular flexibility index (Phi) is 4.63. The molecule has 7 heteroatoms. The van der Waals surface area contributed by atoms with Gasteiger partial charge in [-0.15, -0.1) is 11.6 Å². The van der Waals surface area contributed by atoms with Crippen molar-refractivity contribution in [3.05, 3.63) is 23.4 Å². The van der Waals surface area contributed by atoms with Crippen LogP contribution in [-0.4, -0.2) is 25.0 Å². The van der Waals surface area contributed by atoms with Crippen molar-refractivity contribution in [2.24, 2.45) is 0 Å². The van der Waals surface area contributed by atoms with Crippen LogP contribution in [-0.2, 0) is 10.0 Å². The van der Waals surface area contributed by atoms with Crippen LogP contribution in [0.15, 0.2) is 18.2 Å². The molecule has 1 N–H and O–H groups in total. The second-order valence-corrected chi connectivity index (χ2v) is 5.42. The highest BCUT2D eigenvalue weighted by Gasteiger charge is 2.10. The van der Waals surface area contributed by atoms with Gasteiger partial charge in [0.2, 0.25) is 10.0 Å². The van der Waals surface area contributed by atoms with Crippen molar-refractivity contribution < 1.29 is 8.42 Å². The number of hydrogen-bond acceptors (Lipinski definition) is 3. The Balaban J connectivity index is 2.69. The molecule has 0 spiro atoms. The minimum atomic E-state index is -3.37. The number of sulfonamides is 1. The molecule has 0 fully saturated rings. The molecule has 1 heterocycles. The second kappa shape index (κ2) is 5.53. The van der Waals surface area contributed by atoms with Gasteiger partial charge in [0.1, 0.15) is 11.0 Å². The summed E-state index contributed by atoms with van der Waals surface area (Å²) in [7, 11) is -3.37. The van der Waals surface area contributed by atoms with E-state index in [-0.39, 0.29) is 16.7 Å². The van der Waals surface area contributed by atoms with Crippen molar-refractivity contribution in [1.82, 2.24) is 4.98 Å². The van der Waals surface area contributed by atoms with E-state index in [9.17, 15) is 8.42 Å². The van der Waals surface area contributed by atoms with E-state index in [0.29, 0.717) is 12.3 Å². The van der Waals surface area contributed by atoms with Crippen molar-refractivity contribution >= 4 is 39.0 Å². The van der Waals surface area contributed by atoms with Gasteiger partial charge in [-0.25, -0.2) is 13.4 Å². The molecule has 0 aliphatic carbocycles. The molecular formula is C8H10Cl2N2O2S. The number of aromatic nitrogens is 1. The van der Waals surface area contributed by atoms with E-state index >= 15 is 0 Å². The number of nitrogens with one attached hydrogen (secondary N) is 1. The summed E-state index contributed by atoms with van der Waals surface area (Å²) in [6.07, 6.45) is 0.400. The molecule has 0 atom stereocenters. The lowest BCUT2D eigenvalue weighted by Gasteiger charge is -2.05. The molecule has 15 heavy (non-hydrogen) atoms. The molecule has 0 radical (unpaired) electrons. The van der Waals surface area contributed by atoms with E-state index < -0.39 is 10.0 Å². The van der Waals surface area contributed by atoms with Gasteiger partial charge in [-0.1, -0.05) is 17.7 Å². The molecule has 1 aromatic heterocycles. The summed E-state index contributed by atoms with van der Waals surface area (Å²) in [5.41, 5.74) is 0. The highest BCUT2D eigenvalue weighted by Crippen LogP contribution is 2.11. The Morgan fingerprint density at radius 1 is 1.40 bits per heavy atom. The number of pyridine rings is 1. The van der Waals surface area contributed by atoms with Crippen LogP contribution in [0.3, 0.4) is 0 Å². The smallest absolute Gasteiger partial charge is 0.233 e. The number of hydrogen-bond donors (Lipinski definition) is 1. The van der Waals surface area contributed by atoms with Crippen LogP contribution >= 0.6 is 23.2 Å². The Bertz CT molecular complexity index is 422. The topological polar surface area (TPSA) is 59.1 Å². The maximum atomic E-state index is 11.4. The number of anilines is 1. The van der Waals surface area contributed by atoms with E-state index in [1.807, 2.05) is 0 Å². The zero-order valence-electron chi connectivity index (χ0n) is 7.78. The first kappa shape index (κ1) is 12.5. The van der Waals surface area contributed by atoms with Gasteiger partial charge in [-0.05, 0) is 18.6 Å². The third-order valence-corrected chi connectivity index (χ3v) is 3.35. The standard InChI is InChI=1S/C8H10Cl2N2O2S/c9-5-2-6-15(13,14)12-8-4-1-3-7(10)11-8/h1,3-4H,2,5-6H2,(H,11,12). The highest BCUT2D eigenvalue weighted by atomic mass is 35.5. The average molecular weight is 269 g/mol. The lowest BCUT2D eigenvalue weighted by Crippen LogP contribution is -2.17. The molecule has 0 aromatic carbocycles. The van der Waals surface area contributed by atoms with Gasteiger partial charge in [0.05, 0.1) is 5.75 Å². The molecule has 1 aromatic rings. The summed E-state index contributed by atoms with van der Waals surface area (Å²) in [5.74, 6) is 0.506. The zero-order valence-corrected chi connectivity index (χ0v) is 10.1. The average Bonchev–Trinajstić information content (AvgIpc) is 2.14. The predicted molar refractivity (Wildman–Crippen MR) is 62.0 cm³/mol. The first-order valence-electron chi connectivity index (χ1n) is 4.22. The molecule has 84 valence electrons. The molecule has 0 aliphatic heterocycles. The summed E-state index contributed by atoms with van der Waals surface area (Å²) in [6, 6.07) is 4.72. The maximum Gasteiger partial charge on any atom is 0.233 e. The van der Waals surface area contributed by atoms with Crippen LogP contribution < -0.4 is 4.72 Å². The van der Waals surface area contributed by atoms with Crippen molar-refractivity contribution in [3.63, 3.8) is 0 Å². The van der Waals surface area contributed by atoms with E-state index in [2.05, 4.69) is 9.71 Å². The lowest BCUT2D eigenvalue weighted by molar-refractivity contribution is 0.600. The van der Waals surface area contributed by atoms with Gasteiger partial charge < -0.3 is 0 Å². The van der Waals surface area contributed by atoms with Crippen LogP contribution in [0.1, 0.15) is 6.42 Å². The Morgan fingerprint density at radius 2 is 2.13 bits per heavy atom. The number of nitrogens with zero attached hydrogens (tertiary/aromatic N) is 1. The quantitative estimate of drug-likeness (QED) is 0.657. The fraction of sp³-hybridized carbons (Fsp3) is 0.375. The number of rotatable bonds is 5. The van der Waals surface area contributed by atoms with Crippen molar-refractivity contribution in [2.75, 3.05) is 16.4 Å². The first-order valence-corrected chi connectivity index (χ1v) is 6.79. The molecule has 0 saturated heterocycles. The molecular weight excluding hydrogens is 259 g/mol. The normalized spacial score (nSPS) is 11.3. The van der Waals surface area contributed by atoms with Gasteiger partial charge >= 0.3 is 0 Å². The summed E-state index contributed by atoms with van der Waals surface area (Å²) < 4.78 is 25.1. The molecule has 0 amide bonds. The van der Waals surface area contributed by atoms with Gasteiger partial charge in [0.15, 0.2) is 0 Å². The summed E-state index contributed by atoms with van der Waals surface area (Å²) in [6.45, 7) is 0. The SMILES string of the molecule is O=S(=O)(CCCCl)Nc1cccc(Cl)n1. The molecule has 0 saturated carbocycles. The van der Waals surface area contributed by atoms with E-state index in [1.165, 1.54) is 6.07 Å². The minimum Gasteiger partial charge on any atom is -0.267 e. The van der Waals surface area contributed by atoms with Crippen molar-refractivity contribution in [2.45, 2.75) is 6.42 Å². The van der Waals surface area contributed by atoms with Gasteiger partial charge in [-0.3, -0.25) is 4.72 Å². The van der Waals surface area contributed by atoms with Crippen LogP contribution in [0.5, 0.6) is 0 Å². The molecule has 0 aliphatic rings. The van der Waals surface area contributed by atoms with Crippen LogP contribution in [0.25, 0.3) is 0 Å².